The maximum absolute atomic E-state index is 5.51. The molecule has 4 nitrogen and oxygen atoms in total. The summed E-state index contributed by atoms with van der Waals surface area (Å²) in [6.45, 7) is 0. The van der Waals surface area contributed by atoms with E-state index in [1.807, 2.05) is 0 Å². The number of pyridine rings is 1. The minimum absolute atomic E-state index is 0.0375. The molecule has 0 bridgehead atoms. The average molecular weight is 665 g/mol. The van der Waals surface area contributed by atoms with Gasteiger partial charge in [-0.2, -0.15) is 0 Å². The number of benzene rings is 7. The van der Waals surface area contributed by atoms with Crippen LogP contribution in [0.5, 0.6) is 0 Å². The van der Waals surface area contributed by atoms with Crippen LogP contribution >= 0.6 is 0 Å². The second-order valence-corrected chi connectivity index (χ2v) is 13.6. The number of rotatable bonds is 4. The maximum Gasteiger partial charge on any atom is 0.146 e. The van der Waals surface area contributed by atoms with Gasteiger partial charge < -0.3 is 9.88 Å². The molecule has 1 atom stereocenters. The first-order valence-corrected chi connectivity index (χ1v) is 17.9. The van der Waals surface area contributed by atoms with E-state index in [1.165, 1.54) is 38.2 Å². The van der Waals surface area contributed by atoms with Crippen LogP contribution in [0.2, 0.25) is 0 Å². The molecular formula is C48H32N4. The molecule has 244 valence electrons. The predicted molar refractivity (Wildman–Crippen MR) is 217 cm³/mol. The highest BCUT2D eigenvalue weighted by Crippen LogP contribution is 2.40. The van der Waals surface area contributed by atoms with Gasteiger partial charge in [0.05, 0.1) is 28.1 Å². The number of hydrogen-bond donors (Lipinski definition) is 1. The normalized spacial score (nSPS) is 14.7. The molecule has 0 saturated carbocycles. The number of para-hydroxylation sites is 2. The van der Waals surface area contributed by atoms with Gasteiger partial charge in [0.25, 0.3) is 0 Å². The van der Waals surface area contributed by atoms with E-state index >= 15 is 0 Å². The monoisotopic (exact) mass is 664 g/mol. The van der Waals surface area contributed by atoms with Crippen molar-refractivity contribution in [3.63, 3.8) is 0 Å². The number of hydrogen-bond acceptors (Lipinski definition) is 2. The number of aromatic nitrogens is 3. The van der Waals surface area contributed by atoms with Crippen LogP contribution in [0.4, 0.5) is 0 Å². The number of nitrogens with zero attached hydrogens (tertiary/aromatic N) is 3. The fourth-order valence-electron chi connectivity index (χ4n) is 8.36. The number of dihydropyridines is 1. The molecule has 3 aromatic heterocycles. The fraction of sp³-hybridized carbons (Fsp3) is 0.0208. The van der Waals surface area contributed by atoms with Gasteiger partial charge in [0, 0.05) is 32.9 Å². The lowest BCUT2D eigenvalue weighted by Crippen LogP contribution is -2.21. The van der Waals surface area contributed by atoms with Crippen molar-refractivity contribution in [2.45, 2.75) is 6.04 Å². The topological polar surface area (TPSA) is 34.3 Å². The second kappa shape index (κ2) is 11.3. The third kappa shape index (κ3) is 4.31. The van der Waals surface area contributed by atoms with Crippen molar-refractivity contribution in [2.75, 3.05) is 0 Å². The van der Waals surface area contributed by atoms with E-state index in [-0.39, 0.29) is 6.04 Å². The lowest BCUT2D eigenvalue weighted by molar-refractivity contribution is 0.766. The molecule has 52 heavy (non-hydrogen) atoms. The zero-order chi connectivity index (χ0) is 34.2. The van der Waals surface area contributed by atoms with Gasteiger partial charge in [0.15, 0.2) is 0 Å². The van der Waals surface area contributed by atoms with E-state index < -0.39 is 0 Å². The van der Waals surface area contributed by atoms with Crippen LogP contribution in [0, 0.1) is 0 Å². The SMILES string of the molecule is C1=C(c2ccccc2)C=C(c2cccc(-n3c4ccccc4c4ccc5c(nc6c7ccccc7c7ccccc7n56)c43)c2)NC1c1ccccc1. The van der Waals surface area contributed by atoms with Crippen LogP contribution in [0.3, 0.4) is 0 Å². The number of nitrogens with one attached hydrogen (secondary N) is 1. The first kappa shape index (κ1) is 28.9. The highest BCUT2D eigenvalue weighted by atomic mass is 15.1. The van der Waals surface area contributed by atoms with Crippen molar-refractivity contribution in [2.24, 2.45) is 0 Å². The van der Waals surface area contributed by atoms with Crippen molar-refractivity contribution < 1.29 is 0 Å². The lowest BCUT2D eigenvalue weighted by Gasteiger charge is -2.26. The Kier molecular flexibility index (Phi) is 6.28. The van der Waals surface area contributed by atoms with Gasteiger partial charge in [-0.15, -0.1) is 0 Å². The van der Waals surface area contributed by atoms with Crippen LogP contribution in [-0.2, 0) is 0 Å². The summed E-state index contributed by atoms with van der Waals surface area (Å²) in [5.41, 5.74) is 13.5. The van der Waals surface area contributed by atoms with Crippen molar-refractivity contribution >= 4 is 71.4 Å². The van der Waals surface area contributed by atoms with Gasteiger partial charge in [-0.1, -0.05) is 133 Å². The summed E-state index contributed by atoms with van der Waals surface area (Å²) >= 11 is 0. The number of fused-ring (bicyclic) bond motifs is 12. The zero-order valence-electron chi connectivity index (χ0n) is 28.2. The van der Waals surface area contributed by atoms with Gasteiger partial charge in [0.2, 0.25) is 0 Å². The molecule has 0 amide bonds. The molecule has 4 heterocycles. The van der Waals surface area contributed by atoms with Crippen molar-refractivity contribution in [3.05, 3.63) is 199 Å². The quantitative estimate of drug-likeness (QED) is 0.190. The summed E-state index contributed by atoms with van der Waals surface area (Å²) in [6.07, 6.45) is 4.62. The molecule has 11 rings (SSSR count). The standard InChI is InChI=1S/C48H32N4/c1-3-14-31(15-4-1)34-29-41(32-16-5-2-6-17-32)49-42(30-34)33-18-13-19-35(28-33)51-43-24-11-10-22-38(43)39-26-27-45-46(47(39)51)50-48-40-23-8-7-20-36(40)37-21-9-12-25-44(37)52(45)48/h1-30,41,49H. The van der Waals surface area contributed by atoms with Crippen molar-refractivity contribution in [1.82, 2.24) is 19.3 Å². The second-order valence-electron chi connectivity index (χ2n) is 13.6. The Morgan fingerprint density at radius 2 is 1.15 bits per heavy atom. The van der Waals surface area contributed by atoms with Crippen LogP contribution in [0.1, 0.15) is 22.7 Å². The summed E-state index contributed by atoms with van der Waals surface area (Å²) in [6, 6.07) is 60.9. The van der Waals surface area contributed by atoms with Gasteiger partial charge in [-0.25, -0.2) is 4.98 Å². The molecule has 1 aliphatic heterocycles. The molecule has 0 saturated heterocycles. The Morgan fingerprint density at radius 1 is 0.500 bits per heavy atom. The van der Waals surface area contributed by atoms with E-state index in [1.54, 1.807) is 0 Å². The molecule has 1 unspecified atom stereocenters. The van der Waals surface area contributed by atoms with E-state index in [9.17, 15) is 0 Å². The third-order valence-corrected chi connectivity index (χ3v) is 10.7. The zero-order valence-corrected chi connectivity index (χ0v) is 28.2. The molecule has 0 radical (unpaired) electrons. The Labute approximate surface area is 300 Å². The first-order chi connectivity index (χ1) is 25.8. The van der Waals surface area contributed by atoms with Crippen LogP contribution in [0.15, 0.2) is 182 Å². The average Bonchev–Trinajstić information content (AvgIpc) is 3.79. The molecule has 10 aromatic rings. The van der Waals surface area contributed by atoms with Crippen LogP contribution in [0.25, 0.3) is 77.1 Å². The Hall–Kier alpha value is -6.91. The molecular weight excluding hydrogens is 633 g/mol. The number of allylic oxidation sites excluding steroid dienone is 2. The Balaban J connectivity index is 1.16. The first-order valence-electron chi connectivity index (χ1n) is 17.9. The van der Waals surface area contributed by atoms with Crippen molar-refractivity contribution in [3.8, 4) is 5.69 Å². The lowest BCUT2D eigenvalue weighted by atomic mass is 9.93. The van der Waals surface area contributed by atoms with E-state index in [4.69, 9.17) is 4.98 Å². The molecule has 4 heteroatoms. The minimum atomic E-state index is 0.0375. The third-order valence-electron chi connectivity index (χ3n) is 10.7. The summed E-state index contributed by atoms with van der Waals surface area (Å²) in [4.78, 5) is 5.51. The van der Waals surface area contributed by atoms with Crippen LogP contribution in [-0.4, -0.2) is 14.0 Å². The molecule has 1 N–H and O–H groups in total. The summed E-state index contributed by atoms with van der Waals surface area (Å²) in [5, 5.41) is 9.88. The van der Waals surface area contributed by atoms with Crippen molar-refractivity contribution in [1.29, 1.82) is 0 Å². The molecule has 0 aliphatic carbocycles. The summed E-state index contributed by atoms with van der Waals surface area (Å²) < 4.78 is 4.77. The van der Waals surface area contributed by atoms with E-state index in [2.05, 4.69) is 196 Å². The summed E-state index contributed by atoms with van der Waals surface area (Å²) in [5.74, 6) is 0. The summed E-state index contributed by atoms with van der Waals surface area (Å²) in [7, 11) is 0. The Bertz CT molecular complexity index is 3090. The fourth-order valence-corrected chi connectivity index (χ4v) is 8.36. The largest absolute Gasteiger partial charge is 0.374 e. The maximum atomic E-state index is 5.51. The van der Waals surface area contributed by atoms with Gasteiger partial charge in [-0.05, 0) is 76.2 Å². The highest BCUT2D eigenvalue weighted by Gasteiger charge is 2.22. The van der Waals surface area contributed by atoms with E-state index in [0.717, 1.165) is 55.6 Å². The smallest absolute Gasteiger partial charge is 0.146 e. The van der Waals surface area contributed by atoms with Gasteiger partial charge >= 0.3 is 0 Å². The number of imidazole rings is 1. The van der Waals surface area contributed by atoms with Gasteiger partial charge in [-0.3, -0.25) is 4.40 Å². The molecule has 0 fully saturated rings. The Morgan fingerprint density at radius 3 is 1.96 bits per heavy atom. The van der Waals surface area contributed by atoms with Gasteiger partial charge in [0.1, 0.15) is 11.2 Å². The predicted octanol–water partition coefficient (Wildman–Crippen LogP) is 11.7. The van der Waals surface area contributed by atoms with Crippen LogP contribution < -0.4 is 5.32 Å². The minimum Gasteiger partial charge on any atom is -0.374 e. The molecule has 1 aliphatic rings. The molecule has 0 spiro atoms. The molecule has 7 aromatic carbocycles. The highest BCUT2D eigenvalue weighted by molar-refractivity contribution is 6.20. The van der Waals surface area contributed by atoms with E-state index in [0.29, 0.717) is 0 Å².